The van der Waals surface area contributed by atoms with Gasteiger partial charge in [-0.15, -0.1) is 0 Å². The zero-order valence-corrected chi connectivity index (χ0v) is 18.3. The number of hydrogen-bond acceptors (Lipinski definition) is 3. The molecule has 0 atom stereocenters. The molecular weight excluding hydrogens is 482 g/mol. The average molecular weight is 501 g/mol. The van der Waals surface area contributed by atoms with Gasteiger partial charge in [-0.05, 0) is 60.4 Å². The van der Waals surface area contributed by atoms with Crippen LogP contribution in [0.1, 0.15) is 24.0 Å². The highest BCUT2D eigenvalue weighted by Crippen LogP contribution is 2.19. The van der Waals surface area contributed by atoms with E-state index in [0.717, 1.165) is 26.5 Å². The molecule has 1 N–H and O–H groups in total. The van der Waals surface area contributed by atoms with Gasteiger partial charge in [0.25, 0.3) is 0 Å². The van der Waals surface area contributed by atoms with Gasteiger partial charge < -0.3 is 5.11 Å². The van der Waals surface area contributed by atoms with Crippen LogP contribution in [0.3, 0.4) is 0 Å². The maximum Gasteiger partial charge on any atom is 0.191 e. The van der Waals surface area contributed by atoms with Crippen LogP contribution >= 0.6 is 31.9 Å². The summed E-state index contributed by atoms with van der Waals surface area (Å²) in [5.41, 5.74) is 2.79. The lowest BCUT2D eigenvalue weighted by atomic mass is 10.00. The first kappa shape index (κ1) is 20.5. The normalized spacial score (nSPS) is 15.1. The highest BCUT2D eigenvalue weighted by molar-refractivity contribution is 9.10. The van der Waals surface area contributed by atoms with E-state index in [-0.39, 0.29) is 17.1 Å². The number of ketones is 1. The van der Waals surface area contributed by atoms with Gasteiger partial charge in [0.05, 0.1) is 5.57 Å². The Hall–Kier alpha value is -2.24. The number of allylic oxidation sites excluding steroid dienone is 3. The van der Waals surface area contributed by atoms with Crippen LogP contribution in [0.2, 0.25) is 0 Å². The molecule has 0 aromatic heterocycles. The fourth-order valence-corrected chi connectivity index (χ4v) is 3.35. The summed E-state index contributed by atoms with van der Waals surface area (Å²) in [7, 11) is 0. The fourth-order valence-electron chi connectivity index (χ4n) is 2.82. The van der Waals surface area contributed by atoms with Crippen LogP contribution in [0.15, 0.2) is 86.0 Å². The van der Waals surface area contributed by atoms with E-state index in [2.05, 4.69) is 36.9 Å². The third-order valence-corrected chi connectivity index (χ3v) is 5.32. The molecule has 0 fully saturated rings. The van der Waals surface area contributed by atoms with Gasteiger partial charge in [0.15, 0.2) is 5.78 Å². The molecule has 0 amide bonds. The largest absolute Gasteiger partial charge is 0.507 e. The van der Waals surface area contributed by atoms with E-state index < -0.39 is 0 Å². The number of aliphatic imine (C=N–C) groups is 1. The molecule has 142 valence electrons. The number of carbonyl (C=O) groups excluding carboxylic acids is 1. The van der Waals surface area contributed by atoms with Gasteiger partial charge in [0, 0.05) is 21.2 Å². The number of aliphatic hydroxyl groups is 1. The summed E-state index contributed by atoms with van der Waals surface area (Å²) in [6.07, 6.45) is 8.17. The summed E-state index contributed by atoms with van der Waals surface area (Å²) in [4.78, 5) is 17.2. The summed E-state index contributed by atoms with van der Waals surface area (Å²) in [5.74, 6) is -0.310. The Labute approximate surface area is 181 Å². The van der Waals surface area contributed by atoms with Crippen molar-refractivity contribution in [3.63, 3.8) is 0 Å². The van der Waals surface area contributed by atoms with E-state index >= 15 is 0 Å². The third kappa shape index (κ3) is 5.63. The Morgan fingerprint density at radius 3 is 1.93 bits per heavy atom. The van der Waals surface area contributed by atoms with Crippen molar-refractivity contribution in [2.45, 2.75) is 12.8 Å². The van der Waals surface area contributed by atoms with Gasteiger partial charge in [0.2, 0.25) is 0 Å². The predicted molar refractivity (Wildman–Crippen MR) is 123 cm³/mol. The third-order valence-electron chi connectivity index (χ3n) is 4.27. The van der Waals surface area contributed by atoms with Crippen molar-refractivity contribution in [3.05, 3.63) is 92.1 Å². The second kappa shape index (κ2) is 9.80. The Morgan fingerprint density at radius 1 is 0.893 bits per heavy atom. The maximum absolute atomic E-state index is 12.8. The van der Waals surface area contributed by atoms with E-state index in [1.807, 2.05) is 48.5 Å². The van der Waals surface area contributed by atoms with Crippen LogP contribution in [-0.4, -0.2) is 23.1 Å². The van der Waals surface area contributed by atoms with Crippen LogP contribution < -0.4 is 0 Å². The molecule has 1 heterocycles. The van der Waals surface area contributed by atoms with Gasteiger partial charge in [0.1, 0.15) is 5.76 Å². The summed E-state index contributed by atoms with van der Waals surface area (Å²) >= 11 is 6.79. The molecule has 3 nitrogen and oxygen atoms in total. The van der Waals surface area contributed by atoms with Crippen molar-refractivity contribution in [1.29, 1.82) is 0 Å². The molecule has 3 rings (SSSR count). The summed E-state index contributed by atoms with van der Waals surface area (Å²) in [6, 6.07) is 15.4. The van der Waals surface area contributed by atoms with Crippen molar-refractivity contribution < 1.29 is 9.90 Å². The maximum atomic E-state index is 12.8. The number of halogens is 2. The minimum Gasteiger partial charge on any atom is -0.507 e. The van der Waals surface area contributed by atoms with Crippen molar-refractivity contribution in [2.75, 3.05) is 6.54 Å². The lowest BCUT2D eigenvalue weighted by Crippen LogP contribution is -2.12. The average Bonchev–Trinajstić information content (AvgIpc) is 3.21. The summed E-state index contributed by atoms with van der Waals surface area (Å²) in [5, 5.41) is 10.6. The lowest BCUT2D eigenvalue weighted by Gasteiger charge is -2.06. The zero-order valence-electron chi connectivity index (χ0n) is 15.1. The van der Waals surface area contributed by atoms with Crippen molar-refractivity contribution in [3.8, 4) is 0 Å². The zero-order chi connectivity index (χ0) is 19.9. The highest BCUT2D eigenvalue weighted by Gasteiger charge is 2.20. The van der Waals surface area contributed by atoms with Crippen LogP contribution in [-0.2, 0) is 4.79 Å². The standard InChI is InChI=1S/C23H19Br2NO2/c24-18-9-3-16(4-10-18)7-13-21(27)23(20-2-1-15-26-20)22(28)14-8-17-5-11-19(25)12-6-17/h3-14,27H,1-2,15H2/b13-7+,14-8+,23-21?. The highest BCUT2D eigenvalue weighted by atomic mass is 79.9. The first-order chi connectivity index (χ1) is 13.5. The predicted octanol–water partition coefficient (Wildman–Crippen LogP) is 6.55. The number of benzene rings is 2. The van der Waals surface area contributed by atoms with Gasteiger partial charge in [-0.3, -0.25) is 9.79 Å². The van der Waals surface area contributed by atoms with Crippen LogP contribution in [0.5, 0.6) is 0 Å². The SMILES string of the molecule is O=C(/C=C/c1ccc(Br)cc1)C(C1=NCCC1)=C(O)/C=C/c1ccc(Br)cc1. The van der Waals surface area contributed by atoms with E-state index in [4.69, 9.17) is 0 Å². The van der Waals surface area contributed by atoms with Crippen LogP contribution in [0.4, 0.5) is 0 Å². The Bertz CT molecular complexity index is 969. The second-order valence-corrected chi connectivity index (χ2v) is 8.16. The van der Waals surface area contributed by atoms with Gasteiger partial charge >= 0.3 is 0 Å². The molecule has 0 spiro atoms. The molecule has 0 unspecified atom stereocenters. The van der Waals surface area contributed by atoms with E-state index in [0.29, 0.717) is 18.7 Å². The topological polar surface area (TPSA) is 49.7 Å². The Balaban J connectivity index is 1.87. The first-order valence-corrected chi connectivity index (χ1v) is 10.5. The quantitative estimate of drug-likeness (QED) is 0.277. The number of nitrogens with zero attached hydrogens (tertiary/aromatic N) is 1. The molecule has 1 aliphatic rings. The lowest BCUT2D eigenvalue weighted by molar-refractivity contribution is -0.111. The molecule has 0 saturated heterocycles. The van der Waals surface area contributed by atoms with Gasteiger partial charge in [-0.1, -0.05) is 68.3 Å². The van der Waals surface area contributed by atoms with E-state index in [1.165, 1.54) is 6.08 Å². The monoisotopic (exact) mass is 499 g/mol. The Kier molecular flexibility index (Phi) is 7.18. The molecule has 5 heteroatoms. The van der Waals surface area contributed by atoms with Crippen molar-refractivity contribution in [1.82, 2.24) is 0 Å². The van der Waals surface area contributed by atoms with Crippen LogP contribution in [0, 0.1) is 0 Å². The van der Waals surface area contributed by atoms with Gasteiger partial charge in [-0.25, -0.2) is 0 Å². The van der Waals surface area contributed by atoms with Crippen molar-refractivity contribution in [2.24, 2.45) is 4.99 Å². The summed E-state index contributed by atoms with van der Waals surface area (Å²) in [6.45, 7) is 0.687. The molecule has 1 aliphatic heterocycles. The minimum absolute atomic E-state index is 0.0611. The second-order valence-electron chi connectivity index (χ2n) is 6.33. The molecule has 0 aliphatic carbocycles. The number of hydrogen-bond donors (Lipinski definition) is 1. The first-order valence-electron chi connectivity index (χ1n) is 8.91. The molecular formula is C23H19Br2NO2. The molecule has 2 aromatic rings. The molecule has 0 radical (unpaired) electrons. The smallest absolute Gasteiger partial charge is 0.191 e. The van der Waals surface area contributed by atoms with Gasteiger partial charge in [-0.2, -0.15) is 0 Å². The fraction of sp³-hybridized carbons (Fsp3) is 0.130. The molecule has 2 aromatic carbocycles. The number of aliphatic hydroxyl groups excluding tert-OH is 1. The van der Waals surface area contributed by atoms with E-state index in [9.17, 15) is 9.90 Å². The molecule has 28 heavy (non-hydrogen) atoms. The summed E-state index contributed by atoms with van der Waals surface area (Å²) < 4.78 is 1.96. The number of carbonyl (C=O) groups is 1. The molecule has 0 saturated carbocycles. The Morgan fingerprint density at radius 2 is 1.43 bits per heavy atom. The minimum atomic E-state index is -0.249. The number of rotatable bonds is 6. The molecule has 0 bridgehead atoms. The van der Waals surface area contributed by atoms with Crippen LogP contribution in [0.25, 0.3) is 12.2 Å². The van der Waals surface area contributed by atoms with Crippen molar-refractivity contribution >= 4 is 55.5 Å². The van der Waals surface area contributed by atoms with E-state index in [1.54, 1.807) is 18.2 Å².